The predicted octanol–water partition coefficient (Wildman–Crippen LogP) is 2.85. The van der Waals surface area contributed by atoms with E-state index in [0.717, 1.165) is 49.0 Å². The van der Waals surface area contributed by atoms with E-state index in [4.69, 9.17) is 4.74 Å². The van der Waals surface area contributed by atoms with Crippen LogP contribution in [0.3, 0.4) is 0 Å². The standard InChI is InChI=1S/C19H25N3O3S/c1-3-13-7-8-14(4-2)16(10-13)17(23)12-26-19-21-20-18(24)22(19)11-15-6-5-9-25-15/h7-8,10,15H,3-6,9,11-12H2,1-2H3,(H,20,24). The third-order valence-electron chi connectivity index (χ3n) is 4.73. The summed E-state index contributed by atoms with van der Waals surface area (Å²) in [5, 5.41) is 7.11. The summed E-state index contributed by atoms with van der Waals surface area (Å²) in [4.78, 5) is 24.8. The van der Waals surface area contributed by atoms with Crippen molar-refractivity contribution in [3.63, 3.8) is 0 Å². The Hall–Kier alpha value is -1.86. The Balaban J connectivity index is 1.71. The summed E-state index contributed by atoms with van der Waals surface area (Å²) in [5.41, 5.74) is 2.75. The molecule has 26 heavy (non-hydrogen) atoms. The van der Waals surface area contributed by atoms with Gasteiger partial charge in [-0.2, -0.15) is 0 Å². The molecule has 1 aliphatic heterocycles. The minimum absolute atomic E-state index is 0.0493. The summed E-state index contributed by atoms with van der Waals surface area (Å²) in [6.07, 6.45) is 3.74. The van der Waals surface area contributed by atoms with Crippen LogP contribution in [-0.4, -0.2) is 39.0 Å². The van der Waals surface area contributed by atoms with Crippen molar-refractivity contribution >= 4 is 17.5 Å². The van der Waals surface area contributed by atoms with Crippen LogP contribution in [0, 0.1) is 0 Å². The monoisotopic (exact) mass is 375 g/mol. The van der Waals surface area contributed by atoms with Crippen molar-refractivity contribution in [2.24, 2.45) is 0 Å². The van der Waals surface area contributed by atoms with E-state index < -0.39 is 0 Å². The first-order valence-corrected chi connectivity index (χ1v) is 10.2. The molecule has 2 heterocycles. The summed E-state index contributed by atoms with van der Waals surface area (Å²) in [6.45, 7) is 5.36. The number of nitrogens with one attached hydrogen (secondary N) is 1. The number of thioether (sulfide) groups is 1. The number of carbonyl (C=O) groups is 1. The number of aromatic amines is 1. The lowest BCUT2D eigenvalue weighted by molar-refractivity contribution is 0.0941. The predicted molar refractivity (Wildman–Crippen MR) is 102 cm³/mol. The highest BCUT2D eigenvalue weighted by atomic mass is 32.2. The van der Waals surface area contributed by atoms with Gasteiger partial charge < -0.3 is 4.74 Å². The molecule has 7 heteroatoms. The number of benzene rings is 1. The Kier molecular flexibility index (Phi) is 6.32. The maximum Gasteiger partial charge on any atom is 0.344 e. The number of rotatable bonds is 8. The summed E-state index contributed by atoms with van der Waals surface area (Å²) >= 11 is 1.30. The molecule has 0 amide bonds. The lowest BCUT2D eigenvalue weighted by Gasteiger charge is -2.11. The molecule has 140 valence electrons. The lowest BCUT2D eigenvalue weighted by Crippen LogP contribution is -2.25. The fourth-order valence-corrected chi connectivity index (χ4v) is 4.02. The minimum atomic E-state index is -0.252. The summed E-state index contributed by atoms with van der Waals surface area (Å²) < 4.78 is 7.19. The van der Waals surface area contributed by atoms with Gasteiger partial charge in [0.1, 0.15) is 0 Å². The van der Waals surface area contributed by atoms with Gasteiger partial charge in [0, 0.05) is 12.2 Å². The molecule has 0 aliphatic carbocycles. The van der Waals surface area contributed by atoms with Gasteiger partial charge in [-0.3, -0.25) is 9.36 Å². The maximum absolute atomic E-state index is 12.8. The van der Waals surface area contributed by atoms with Crippen molar-refractivity contribution in [2.45, 2.75) is 57.3 Å². The van der Waals surface area contributed by atoms with Gasteiger partial charge in [0.25, 0.3) is 0 Å². The number of ketones is 1. The van der Waals surface area contributed by atoms with Gasteiger partial charge in [-0.15, -0.1) is 5.10 Å². The van der Waals surface area contributed by atoms with E-state index in [9.17, 15) is 9.59 Å². The number of nitrogens with zero attached hydrogens (tertiary/aromatic N) is 2. The average molecular weight is 375 g/mol. The molecule has 1 aromatic carbocycles. The fourth-order valence-electron chi connectivity index (χ4n) is 3.19. The van der Waals surface area contributed by atoms with Crippen molar-refractivity contribution in [1.82, 2.24) is 14.8 Å². The van der Waals surface area contributed by atoms with Crippen LogP contribution in [0.4, 0.5) is 0 Å². The number of aryl methyl sites for hydroxylation is 2. The van der Waals surface area contributed by atoms with Gasteiger partial charge in [0.2, 0.25) is 0 Å². The molecule has 0 bridgehead atoms. The zero-order valence-electron chi connectivity index (χ0n) is 15.3. The molecule has 3 rings (SSSR count). The van der Waals surface area contributed by atoms with Gasteiger partial charge in [0.05, 0.1) is 18.4 Å². The van der Waals surface area contributed by atoms with Crippen LogP contribution >= 0.6 is 11.8 Å². The van der Waals surface area contributed by atoms with Crippen LogP contribution in [0.15, 0.2) is 28.2 Å². The zero-order chi connectivity index (χ0) is 18.5. The zero-order valence-corrected chi connectivity index (χ0v) is 16.1. The van der Waals surface area contributed by atoms with E-state index >= 15 is 0 Å². The molecule has 2 aromatic rings. The molecule has 0 spiro atoms. The van der Waals surface area contributed by atoms with E-state index in [1.165, 1.54) is 11.8 Å². The van der Waals surface area contributed by atoms with Crippen LogP contribution < -0.4 is 5.69 Å². The number of hydrogen-bond donors (Lipinski definition) is 1. The molecule has 1 N–H and O–H groups in total. The maximum atomic E-state index is 12.8. The van der Waals surface area contributed by atoms with E-state index in [0.29, 0.717) is 11.7 Å². The fraction of sp³-hybridized carbons (Fsp3) is 0.526. The molecule has 0 saturated carbocycles. The Morgan fingerprint density at radius 2 is 2.23 bits per heavy atom. The first kappa shape index (κ1) is 18.9. The average Bonchev–Trinajstić information content (AvgIpc) is 3.30. The topological polar surface area (TPSA) is 77.0 Å². The van der Waals surface area contributed by atoms with Crippen molar-refractivity contribution < 1.29 is 9.53 Å². The van der Waals surface area contributed by atoms with Crippen LogP contribution in [-0.2, 0) is 24.1 Å². The third kappa shape index (κ3) is 4.27. The molecule has 1 saturated heterocycles. The van der Waals surface area contributed by atoms with Crippen LogP contribution in [0.1, 0.15) is 48.2 Å². The first-order chi connectivity index (χ1) is 12.6. The highest BCUT2D eigenvalue weighted by Crippen LogP contribution is 2.21. The highest BCUT2D eigenvalue weighted by Gasteiger charge is 2.20. The van der Waals surface area contributed by atoms with E-state index in [1.807, 2.05) is 12.1 Å². The SMILES string of the molecule is CCc1ccc(CC)c(C(=O)CSc2n[nH]c(=O)n2CC2CCCO2)c1. The van der Waals surface area contributed by atoms with Crippen molar-refractivity contribution in [1.29, 1.82) is 0 Å². The number of H-pyrrole nitrogens is 1. The summed E-state index contributed by atoms with van der Waals surface area (Å²) in [7, 11) is 0. The van der Waals surface area contributed by atoms with E-state index in [2.05, 4.69) is 30.1 Å². The second-order valence-corrected chi connectivity index (χ2v) is 7.41. The van der Waals surface area contributed by atoms with E-state index in [-0.39, 0.29) is 23.3 Å². The first-order valence-electron chi connectivity index (χ1n) is 9.17. The number of Topliss-reactive ketones (excluding diaryl/α,β-unsaturated/α-hetero) is 1. The second-order valence-electron chi connectivity index (χ2n) is 6.47. The molecule has 1 unspecified atom stereocenters. The van der Waals surface area contributed by atoms with Gasteiger partial charge >= 0.3 is 5.69 Å². The van der Waals surface area contributed by atoms with Crippen molar-refractivity contribution in [3.8, 4) is 0 Å². The quantitative estimate of drug-likeness (QED) is 0.567. The number of hydrogen-bond acceptors (Lipinski definition) is 5. The van der Waals surface area contributed by atoms with Gasteiger partial charge in [-0.05, 0) is 42.9 Å². The Labute approximate surface area is 157 Å². The van der Waals surface area contributed by atoms with Crippen LogP contribution in [0.2, 0.25) is 0 Å². The lowest BCUT2D eigenvalue weighted by atomic mass is 9.98. The summed E-state index contributed by atoms with van der Waals surface area (Å²) in [6, 6.07) is 6.11. The van der Waals surface area contributed by atoms with Gasteiger partial charge in [-0.25, -0.2) is 9.89 Å². The molecule has 1 aliphatic rings. The van der Waals surface area contributed by atoms with Crippen LogP contribution in [0.25, 0.3) is 0 Å². The molecular weight excluding hydrogens is 350 g/mol. The molecule has 1 aromatic heterocycles. The molecule has 6 nitrogen and oxygen atoms in total. The highest BCUT2D eigenvalue weighted by molar-refractivity contribution is 7.99. The molecule has 0 radical (unpaired) electrons. The van der Waals surface area contributed by atoms with Gasteiger partial charge in [0.15, 0.2) is 10.9 Å². The molecular formula is C19H25N3O3S. The number of ether oxygens (including phenoxy) is 1. The smallest absolute Gasteiger partial charge is 0.344 e. The molecule has 1 fully saturated rings. The normalized spacial score (nSPS) is 16.9. The Morgan fingerprint density at radius 3 is 2.92 bits per heavy atom. The van der Waals surface area contributed by atoms with Crippen molar-refractivity contribution in [3.05, 3.63) is 45.4 Å². The van der Waals surface area contributed by atoms with Crippen LogP contribution in [0.5, 0.6) is 0 Å². The third-order valence-corrected chi connectivity index (χ3v) is 5.71. The Bertz CT molecular complexity index is 822. The summed E-state index contributed by atoms with van der Waals surface area (Å²) in [5.74, 6) is 0.331. The molecule has 1 atom stereocenters. The second kappa shape index (κ2) is 8.68. The largest absolute Gasteiger partial charge is 0.376 e. The van der Waals surface area contributed by atoms with Gasteiger partial charge in [-0.1, -0.05) is 37.7 Å². The Morgan fingerprint density at radius 1 is 1.38 bits per heavy atom. The minimum Gasteiger partial charge on any atom is -0.376 e. The van der Waals surface area contributed by atoms with Crippen molar-refractivity contribution in [2.75, 3.05) is 12.4 Å². The number of aromatic nitrogens is 3. The number of carbonyl (C=O) groups excluding carboxylic acids is 1. The van der Waals surface area contributed by atoms with E-state index in [1.54, 1.807) is 4.57 Å².